The number of nitrogens with one attached hydrogen (secondary N) is 1. The number of carbonyl (C=O) groups is 1. The number of aromatic hydroxyl groups is 1. The number of phenolic OH excluding ortho intramolecular Hbond substituents is 1. The molecule has 0 spiro atoms. The summed E-state index contributed by atoms with van der Waals surface area (Å²) >= 11 is 1.62. The molecule has 2 N–H and O–H groups in total. The highest BCUT2D eigenvalue weighted by Gasteiger charge is 2.29. The first-order chi connectivity index (χ1) is 15.8. The van der Waals surface area contributed by atoms with Crippen LogP contribution in [0, 0.1) is 6.92 Å². The fourth-order valence-corrected chi connectivity index (χ4v) is 6.17. The Bertz CT molecular complexity index is 1460. The van der Waals surface area contributed by atoms with Gasteiger partial charge in [-0.15, -0.1) is 11.3 Å². The summed E-state index contributed by atoms with van der Waals surface area (Å²) in [6, 6.07) is 10.0. The third kappa shape index (κ3) is 4.05. The lowest BCUT2D eigenvalue weighted by atomic mass is 10.1. The molecule has 1 aliphatic rings. The van der Waals surface area contributed by atoms with Crippen LogP contribution in [0.15, 0.2) is 48.0 Å². The van der Waals surface area contributed by atoms with E-state index in [1.54, 1.807) is 35.2 Å². The van der Waals surface area contributed by atoms with Crippen LogP contribution in [0.25, 0.3) is 11.0 Å². The maximum absolute atomic E-state index is 13.2. The maximum atomic E-state index is 13.2. The molecule has 4 aromatic rings. The molecule has 0 unspecified atom stereocenters. The quantitative estimate of drug-likeness (QED) is 0.421. The molecule has 0 radical (unpaired) electrons. The molecule has 0 bridgehead atoms. The van der Waals surface area contributed by atoms with E-state index in [0.717, 1.165) is 4.88 Å². The minimum Gasteiger partial charge on any atom is -0.506 e. The number of thiophene rings is 1. The Hall–Kier alpha value is -3.44. The Morgan fingerprint density at radius 1 is 1.27 bits per heavy atom. The van der Waals surface area contributed by atoms with Crippen LogP contribution in [0.5, 0.6) is 5.75 Å². The van der Waals surface area contributed by atoms with Crippen LogP contribution in [-0.2, 0) is 16.6 Å². The highest BCUT2D eigenvalue weighted by atomic mass is 32.2. The van der Waals surface area contributed by atoms with Crippen molar-refractivity contribution in [3.8, 4) is 5.75 Å². The second kappa shape index (κ2) is 8.16. The molecule has 170 valence electrons. The molecular weight excluding hydrogens is 462 g/mol. The SMILES string of the molecule is Cc1cc(C(=O)Nc2cc(N3CCCS3(=O)=O)ccc2O)c2cnn(Cc3cccs3)c2n1. The molecule has 1 saturated heterocycles. The van der Waals surface area contributed by atoms with Gasteiger partial charge in [-0.2, -0.15) is 5.10 Å². The highest BCUT2D eigenvalue weighted by Crippen LogP contribution is 2.33. The van der Waals surface area contributed by atoms with Gasteiger partial charge in [0.25, 0.3) is 5.91 Å². The third-order valence-electron chi connectivity index (χ3n) is 5.48. The smallest absolute Gasteiger partial charge is 0.256 e. The Morgan fingerprint density at radius 3 is 2.85 bits per heavy atom. The number of amides is 1. The lowest BCUT2D eigenvalue weighted by molar-refractivity contribution is 0.102. The number of hydrogen-bond donors (Lipinski definition) is 2. The minimum atomic E-state index is -3.38. The zero-order chi connectivity index (χ0) is 23.2. The van der Waals surface area contributed by atoms with Gasteiger partial charge in [-0.1, -0.05) is 6.07 Å². The van der Waals surface area contributed by atoms with Gasteiger partial charge in [0.15, 0.2) is 5.65 Å². The zero-order valence-corrected chi connectivity index (χ0v) is 19.4. The van der Waals surface area contributed by atoms with Crippen LogP contribution in [0.4, 0.5) is 11.4 Å². The average molecular weight is 484 g/mol. The Labute approximate surface area is 194 Å². The molecule has 1 fully saturated rings. The summed E-state index contributed by atoms with van der Waals surface area (Å²) in [6.45, 7) is 2.72. The summed E-state index contributed by atoms with van der Waals surface area (Å²) in [5, 5.41) is 20.0. The molecule has 0 aliphatic carbocycles. The van der Waals surface area contributed by atoms with E-state index in [2.05, 4.69) is 15.4 Å². The van der Waals surface area contributed by atoms with Crippen LogP contribution >= 0.6 is 11.3 Å². The first-order valence-corrected chi connectivity index (χ1v) is 12.8. The molecular formula is C22H21N5O4S2. The fourth-order valence-electron chi connectivity index (χ4n) is 3.92. The number of nitrogens with zero attached hydrogens (tertiary/aromatic N) is 4. The van der Waals surface area contributed by atoms with Gasteiger partial charge in [0, 0.05) is 17.1 Å². The van der Waals surface area contributed by atoms with Gasteiger partial charge in [-0.3, -0.25) is 9.10 Å². The predicted molar refractivity (Wildman–Crippen MR) is 127 cm³/mol. The van der Waals surface area contributed by atoms with Gasteiger partial charge in [0.1, 0.15) is 5.75 Å². The average Bonchev–Trinajstić information content (AvgIpc) is 3.50. The van der Waals surface area contributed by atoms with Crippen LogP contribution in [-0.4, -0.2) is 46.5 Å². The first kappa shape index (κ1) is 21.4. The molecule has 0 saturated carbocycles. The summed E-state index contributed by atoms with van der Waals surface area (Å²) in [5.74, 6) is -0.517. The molecule has 1 aromatic carbocycles. The first-order valence-electron chi connectivity index (χ1n) is 10.3. The van der Waals surface area contributed by atoms with Gasteiger partial charge in [-0.05, 0) is 49.1 Å². The predicted octanol–water partition coefficient (Wildman–Crippen LogP) is 3.35. The Kier molecular flexibility index (Phi) is 5.29. The fraction of sp³-hybridized carbons (Fsp3) is 0.227. The molecule has 1 aliphatic heterocycles. The van der Waals surface area contributed by atoms with Crippen LogP contribution in [0.3, 0.4) is 0 Å². The lowest BCUT2D eigenvalue weighted by Gasteiger charge is -2.18. The number of hydrogen-bond acceptors (Lipinski definition) is 7. The number of fused-ring (bicyclic) bond motifs is 1. The van der Waals surface area contributed by atoms with Gasteiger partial charge >= 0.3 is 0 Å². The van der Waals surface area contributed by atoms with Crippen molar-refractivity contribution in [3.05, 3.63) is 64.1 Å². The number of anilines is 2. The van der Waals surface area contributed by atoms with Crippen LogP contribution < -0.4 is 9.62 Å². The maximum Gasteiger partial charge on any atom is 0.256 e. The topological polar surface area (TPSA) is 117 Å². The van der Waals surface area contributed by atoms with E-state index in [0.29, 0.717) is 47.5 Å². The van der Waals surface area contributed by atoms with Gasteiger partial charge in [-0.25, -0.2) is 18.1 Å². The second-order valence-electron chi connectivity index (χ2n) is 7.83. The van der Waals surface area contributed by atoms with Crippen LogP contribution in [0.1, 0.15) is 27.3 Å². The number of benzene rings is 1. The van der Waals surface area contributed by atoms with Crippen molar-refractivity contribution in [2.75, 3.05) is 21.9 Å². The largest absolute Gasteiger partial charge is 0.506 e. The number of rotatable bonds is 5. The molecule has 9 nitrogen and oxygen atoms in total. The summed E-state index contributed by atoms with van der Waals surface area (Å²) in [5.41, 5.74) is 2.15. The molecule has 1 amide bonds. The normalized spacial score (nSPS) is 15.2. The summed E-state index contributed by atoms with van der Waals surface area (Å²) in [7, 11) is -3.38. The molecule has 0 atom stereocenters. The zero-order valence-electron chi connectivity index (χ0n) is 17.7. The lowest BCUT2D eigenvalue weighted by Crippen LogP contribution is -2.25. The molecule has 33 heavy (non-hydrogen) atoms. The standard InChI is InChI=1S/C22H21N5O4S2/c1-14-10-17(18-12-23-26(21(18)24-14)13-16-4-2-8-32-16)22(29)25-19-11-15(5-6-20(19)28)27-7-3-9-33(27,30)31/h2,4-6,8,10-12,28H,3,7,9,13H2,1H3,(H,25,29). The van der Waals surface area contributed by atoms with Crippen LogP contribution in [0.2, 0.25) is 0 Å². The molecule has 11 heteroatoms. The van der Waals surface area contributed by atoms with Crippen molar-refractivity contribution < 1.29 is 18.3 Å². The third-order valence-corrected chi connectivity index (χ3v) is 8.21. The number of aryl methyl sites for hydroxylation is 1. The van der Waals surface area contributed by atoms with Gasteiger partial charge in [0.2, 0.25) is 10.0 Å². The highest BCUT2D eigenvalue weighted by molar-refractivity contribution is 7.93. The molecule has 5 rings (SSSR count). The van der Waals surface area contributed by atoms with E-state index in [9.17, 15) is 18.3 Å². The number of sulfonamides is 1. The summed E-state index contributed by atoms with van der Waals surface area (Å²) < 4.78 is 27.6. The van der Waals surface area contributed by atoms with E-state index in [4.69, 9.17) is 0 Å². The number of aromatic nitrogens is 3. The van der Waals surface area contributed by atoms with E-state index in [1.165, 1.54) is 22.5 Å². The summed E-state index contributed by atoms with van der Waals surface area (Å²) in [6.07, 6.45) is 2.14. The van der Waals surface area contributed by atoms with E-state index in [-0.39, 0.29) is 17.2 Å². The minimum absolute atomic E-state index is 0.0826. The van der Waals surface area contributed by atoms with Crippen molar-refractivity contribution in [2.45, 2.75) is 19.9 Å². The summed E-state index contributed by atoms with van der Waals surface area (Å²) in [4.78, 5) is 18.9. The molecule has 4 heterocycles. The van der Waals surface area contributed by atoms with Gasteiger partial charge in [0.05, 0.1) is 40.8 Å². The number of carbonyl (C=O) groups excluding carboxylic acids is 1. The van der Waals surface area contributed by atoms with Crippen molar-refractivity contribution >= 4 is 49.7 Å². The Morgan fingerprint density at radius 2 is 2.12 bits per heavy atom. The van der Waals surface area contributed by atoms with E-state index >= 15 is 0 Å². The van der Waals surface area contributed by atoms with E-state index < -0.39 is 15.9 Å². The Balaban J connectivity index is 1.47. The molecule has 3 aromatic heterocycles. The van der Waals surface area contributed by atoms with Crippen molar-refractivity contribution in [2.24, 2.45) is 0 Å². The number of pyridine rings is 1. The number of phenols is 1. The van der Waals surface area contributed by atoms with E-state index in [1.807, 2.05) is 17.5 Å². The second-order valence-corrected chi connectivity index (χ2v) is 10.9. The van der Waals surface area contributed by atoms with Crippen molar-refractivity contribution in [3.63, 3.8) is 0 Å². The van der Waals surface area contributed by atoms with Crippen molar-refractivity contribution in [1.82, 2.24) is 14.8 Å². The van der Waals surface area contributed by atoms with Crippen molar-refractivity contribution in [1.29, 1.82) is 0 Å². The van der Waals surface area contributed by atoms with Gasteiger partial charge < -0.3 is 10.4 Å². The monoisotopic (exact) mass is 483 g/mol.